The molecule has 1 aromatic carbocycles. The zero-order chi connectivity index (χ0) is 11.8. The fourth-order valence-corrected chi connectivity index (χ4v) is 2.35. The van der Waals surface area contributed by atoms with Crippen LogP contribution in [0.2, 0.25) is 0 Å². The molecule has 4 nitrogen and oxygen atoms in total. The second-order valence-electron chi connectivity index (χ2n) is 4.46. The number of nitrogens with two attached hydrogens (primary N) is 1. The van der Waals surface area contributed by atoms with Gasteiger partial charge in [0.15, 0.2) is 0 Å². The van der Waals surface area contributed by atoms with Crippen LogP contribution in [0.3, 0.4) is 0 Å². The fourth-order valence-electron chi connectivity index (χ4n) is 2.35. The van der Waals surface area contributed by atoms with Gasteiger partial charge in [-0.1, -0.05) is 18.2 Å². The van der Waals surface area contributed by atoms with Crippen molar-refractivity contribution in [2.24, 2.45) is 5.73 Å². The summed E-state index contributed by atoms with van der Waals surface area (Å²) in [5.41, 5.74) is 7.91. The zero-order valence-corrected chi connectivity index (χ0v) is 9.35. The molecule has 0 aliphatic carbocycles. The van der Waals surface area contributed by atoms with Crippen LogP contribution < -0.4 is 5.73 Å². The summed E-state index contributed by atoms with van der Waals surface area (Å²) >= 11 is 0. The van der Waals surface area contributed by atoms with E-state index in [0.717, 1.165) is 11.9 Å². The Morgan fingerprint density at radius 2 is 2.24 bits per heavy atom. The van der Waals surface area contributed by atoms with Gasteiger partial charge < -0.3 is 15.5 Å². The summed E-state index contributed by atoms with van der Waals surface area (Å²) in [6.07, 6.45) is 3.22. The Balaban J connectivity index is 1.84. The summed E-state index contributed by atoms with van der Waals surface area (Å²) in [7, 11) is 0. The molecular weight excluding hydrogens is 216 g/mol. The molecule has 1 saturated heterocycles. The number of carbonyl (C=O) groups excluding carboxylic acids is 1. The number of cyclic esters (lactones) is 1. The Hall–Kier alpha value is -1.81. The van der Waals surface area contributed by atoms with Crippen molar-refractivity contribution >= 4 is 16.9 Å². The molecule has 88 valence electrons. The lowest BCUT2D eigenvalue weighted by Gasteiger charge is -2.07. The fraction of sp³-hybridized carbons (Fsp3) is 0.308. The number of rotatable bonds is 2. The highest BCUT2D eigenvalue weighted by Crippen LogP contribution is 2.23. The summed E-state index contributed by atoms with van der Waals surface area (Å²) in [5, 5.41) is 1.18. The SMILES string of the molecule is N[C@H]1C[C@H](Cc2c[nH]c3ccccc23)OC1=O. The monoisotopic (exact) mass is 230 g/mol. The van der Waals surface area contributed by atoms with Crippen LogP contribution in [-0.4, -0.2) is 23.1 Å². The normalized spacial score (nSPS) is 24.2. The van der Waals surface area contributed by atoms with Crippen molar-refractivity contribution in [3.8, 4) is 0 Å². The van der Waals surface area contributed by atoms with E-state index in [2.05, 4.69) is 11.1 Å². The van der Waals surface area contributed by atoms with E-state index in [1.807, 2.05) is 24.4 Å². The number of aromatic amines is 1. The predicted octanol–water partition coefficient (Wildman–Crippen LogP) is 1.35. The third-order valence-corrected chi connectivity index (χ3v) is 3.22. The summed E-state index contributed by atoms with van der Waals surface area (Å²) in [5.74, 6) is -0.283. The average molecular weight is 230 g/mol. The standard InChI is InChI=1S/C13H14N2O2/c14-11-6-9(17-13(11)16)5-8-7-15-12-4-2-1-3-10(8)12/h1-4,7,9,11,15H,5-6,14H2/t9-,11-/m0/s1. The number of H-pyrrole nitrogens is 1. The molecule has 2 heterocycles. The number of benzene rings is 1. The van der Waals surface area contributed by atoms with Crippen LogP contribution >= 0.6 is 0 Å². The predicted molar refractivity (Wildman–Crippen MR) is 64.5 cm³/mol. The van der Waals surface area contributed by atoms with Gasteiger partial charge in [0.25, 0.3) is 0 Å². The van der Waals surface area contributed by atoms with Crippen molar-refractivity contribution in [1.82, 2.24) is 4.98 Å². The van der Waals surface area contributed by atoms with E-state index in [4.69, 9.17) is 10.5 Å². The molecule has 3 N–H and O–H groups in total. The van der Waals surface area contributed by atoms with Crippen LogP contribution in [0.5, 0.6) is 0 Å². The van der Waals surface area contributed by atoms with E-state index in [1.54, 1.807) is 0 Å². The van der Waals surface area contributed by atoms with Crippen LogP contribution in [-0.2, 0) is 16.0 Å². The van der Waals surface area contributed by atoms with E-state index >= 15 is 0 Å². The Morgan fingerprint density at radius 3 is 3.00 bits per heavy atom. The van der Waals surface area contributed by atoms with Crippen LogP contribution in [0, 0.1) is 0 Å². The molecule has 0 amide bonds. The second-order valence-corrected chi connectivity index (χ2v) is 4.46. The zero-order valence-electron chi connectivity index (χ0n) is 9.35. The van der Waals surface area contributed by atoms with Gasteiger partial charge in [-0.2, -0.15) is 0 Å². The molecule has 2 atom stereocenters. The van der Waals surface area contributed by atoms with Crippen molar-refractivity contribution in [2.45, 2.75) is 25.0 Å². The first kappa shape index (κ1) is 10.4. The van der Waals surface area contributed by atoms with Gasteiger partial charge >= 0.3 is 5.97 Å². The van der Waals surface area contributed by atoms with Gasteiger partial charge in [0.05, 0.1) is 0 Å². The minimum Gasteiger partial charge on any atom is -0.461 e. The van der Waals surface area contributed by atoms with Crippen LogP contribution in [0.4, 0.5) is 0 Å². The molecule has 1 aliphatic heterocycles. The Labute approximate surface area is 98.8 Å². The molecule has 3 rings (SSSR count). The molecule has 0 spiro atoms. The lowest BCUT2D eigenvalue weighted by molar-refractivity contribution is -0.142. The molecule has 0 unspecified atom stereocenters. The quantitative estimate of drug-likeness (QED) is 0.765. The van der Waals surface area contributed by atoms with Crippen LogP contribution in [0.15, 0.2) is 30.5 Å². The number of nitrogens with one attached hydrogen (secondary N) is 1. The Morgan fingerprint density at radius 1 is 1.41 bits per heavy atom. The van der Waals surface area contributed by atoms with E-state index in [-0.39, 0.29) is 12.1 Å². The number of para-hydroxylation sites is 1. The molecular formula is C13H14N2O2. The maximum Gasteiger partial charge on any atom is 0.323 e. The Kier molecular flexibility index (Phi) is 2.37. The highest BCUT2D eigenvalue weighted by atomic mass is 16.6. The number of carbonyl (C=O) groups is 1. The minimum atomic E-state index is -0.454. The third kappa shape index (κ3) is 1.80. The third-order valence-electron chi connectivity index (χ3n) is 3.22. The molecule has 0 radical (unpaired) electrons. The molecule has 1 fully saturated rings. The number of ether oxygens (including phenoxy) is 1. The van der Waals surface area contributed by atoms with E-state index in [9.17, 15) is 4.79 Å². The summed E-state index contributed by atoms with van der Waals surface area (Å²) in [4.78, 5) is 14.4. The van der Waals surface area contributed by atoms with Crippen molar-refractivity contribution in [1.29, 1.82) is 0 Å². The maximum absolute atomic E-state index is 11.2. The molecule has 1 aliphatic rings. The van der Waals surface area contributed by atoms with E-state index in [0.29, 0.717) is 6.42 Å². The number of esters is 1. The molecule has 4 heteroatoms. The minimum absolute atomic E-state index is 0.0864. The second kappa shape index (κ2) is 3.89. The molecule has 1 aromatic heterocycles. The molecule has 2 aromatic rings. The van der Waals surface area contributed by atoms with Gasteiger partial charge in [0.1, 0.15) is 12.1 Å². The lowest BCUT2D eigenvalue weighted by Crippen LogP contribution is -2.24. The van der Waals surface area contributed by atoms with Crippen LogP contribution in [0.25, 0.3) is 10.9 Å². The van der Waals surface area contributed by atoms with Gasteiger partial charge in [-0.3, -0.25) is 4.79 Å². The smallest absolute Gasteiger partial charge is 0.323 e. The van der Waals surface area contributed by atoms with Crippen molar-refractivity contribution in [2.75, 3.05) is 0 Å². The van der Waals surface area contributed by atoms with E-state index in [1.165, 1.54) is 10.9 Å². The Bertz CT molecular complexity index is 561. The van der Waals surface area contributed by atoms with Crippen molar-refractivity contribution in [3.05, 3.63) is 36.0 Å². The van der Waals surface area contributed by atoms with Crippen molar-refractivity contribution < 1.29 is 9.53 Å². The number of fused-ring (bicyclic) bond motifs is 1. The van der Waals surface area contributed by atoms with Gasteiger partial charge in [-0.15, -0.1) is 0 Å². The summed E-state index contributed by atoms with van der Waals surface area (Å²) in [6.45, 7) is 0. The first-order chi connectivity index (χ1) is 8.24. The van der Waals surface area contributed by atoms with Gasteiger partial charge in [-0.25, -0.2) is 0 Å². The van der Waals surface area contributed by atoms with E-state index < -0.39 is 6.04 Å². The highest BCUT2D eigenvalue weighted by molar-refractivity contribution is 5.83. The van der Waals surface area contributed by atoms with Crippen LogP contribution in [0.1, 0.15) is 12.0 Å². The molecule has 17 heavy (non-hydrogen) atoms. The molecule has 0 bridgehead atoms. The number of aromatic nitrogens is 1. The van der Waals surface area contributed by atoms with Gasteiger partial charge in [0, 0.05) is 29.9 Å². The first-order valence-electron chi connectivity index (χ1n) is 5.75. The van der Waals surface area contributed by atoms with Gasteiger partial charge in [0.2, 0.25) is 0 Å². The number of hydrogen-bond donors (Lipinski definition) is 2. The lowest BCUT2D eigenvalue weighted by atomic mass is 10.0. The number of hydrogen-bond acceptors (Lipinski definition) is 3. The van der Waals surface area contributed by atoms with Gasteiger partial charge in [-0.05, 0) is 11.6 Å². The molecule has 0 saturated carbocycles. The first-order valence-corrected chi connectivity index (χ1v) is 5.75. The highest BCUT2D eigenvalue weighted by Gasteiger charge is 2.31. The average Bonchev–Trinajstić information content (AvgIpc) is 2.85. The summed E-state index contributed by atoms with van der Waals surface area (Å²) < 4.78 is 5.22. The topological polar surface area (TPSA) is 68.1 Å². The largest absolute Gasteiger partial charge is 0.461 e. The van der Waals surface area contributed by atoms with Crippen molar-refractivity contribution in [3.63, 3.8) is 0 Å². The summed E-state index contributed by atoms with van der Waals surface area (Å²) in [6, 6.07) is 7.65. The maximum atomic E-state index is 11.2.